The fourth-order valence-corrected chi connectivity index (χ4v) is 2.37. The topological polar surface area (TPSA) is 78.4 Å². The molecule has 2 rings (SSSR count). The van der Waals surface area contributed by atoms with Crippen molar-refractivity contribution in [1.29, 1.82) is 0 Å². The molecule has 1 aliphatic carbocycles. The Kier molecular flexibility index (Phi) is 4.90. The fraction of sp³-hybridized carbons (Fsp3) is 0.467. The molecule has 21 heavy (non-hydrogen) atoms. The summed E-state index contributed by atoms with van der Waals surface area (Å²) in [5, 5.41) is 14.3. The van der Waals surface area contributed by atoms with Crippen LogP contribution in [0.5, 0.6) is 0 Å². The van der Waals surface area contributed by atoms with Gasteiger partial charge in [-0.15, -0.1) is 0 Å². The van der Waals surface area contributed by atoms with Crippen LogP contribution in [0.2, 0.25) is 0 Å². The number of halogens is 1. The van der Waals surface area contributed by atoms with Gasteiger partial charge in [0.05, 0.1) is 11.8 Å². The number of carbonyl (C=O) groups is 2. The van der Waals surface area contributed by atoms with E-state index < -0.39 is 17.6 Å². The van der Waals surface area contributed by atoms with E-state index in [9.17, 15) is 19.1 Å². The Hall–Kier alpha value is -1.95. The second-order valence-corrected chi connectivity index (χ2v) is 5.42. The Labute approximate surface area is 122 Å². The molecule has 1 fully saturated rings. The monoisotopic (exact) mass is 294 g/mol. The minimum Gasteiger partial charge on any atom is -0.393 e. The second kappa shape index (κ2) is 6.67. The maximum atomic E-state index is 13.6. The minimum absolute atomic E-state index is 0.0141. The molecule has 1 aromatic carbocycles. The van der Waals surface area contributed by atoms with Crippen LogP contribution in [-0.2, 0) is 9.59 Å². The summed E-state index contributed by atoms with van der Waals surface area (Å²) >= 11 is 0. The highest BCUT2D eigenvalue weighted by Gasteiger charge is 2.24. The van der Waals surface area contributed by atoms with Crippen molar-refractivity contribution < 1.29 is 19.1 Å². The molecule has 3 N–H and O–H groups in total. The molecular weight excluding hydrogens is 275 g/mol. The average Bonchev–Trinajstić information content (AvgIpc) is 2.44. The molecule has 1 aliphatic rings. The van der Waals surface area contributed by atoms with Gasteiger partial charge in [0.15, 0.2) is 0 Å². The van der Waals surface area contributed by atoms with E-state index in [2.05, 4.69) is 10.6 Å². The number of carbonyl (C=O) groups excluding carboxylic acids is 2. The molecule has 5 nitrogen and oxygen atoms in total. The lowest BCUT2D eigenvalue weighted by Crippen LogP contribution is -2.44. The zero-order valence-electron chi connectivity index (χ0n) is 11.9. The Morgan fingerprint density at radius 1 is 1.19 bits per heavy atom. The van der Waals surface area contributed by atoms with E-state index in [1.54, 1.807) is 13.0 Å². The molecule has 0 heterocycles. The third kappa shape index (κ3) is 4.26. The number of hydrogen-bond acceptors (Lipinski definition) is 3. The maximum absolute atomic E-state index is 13.6. The Morgan fingerprint density at radius 3 is 2.48 bits per heavy atom. The molecule has 0 spiro atoms. The highest BCUT2D eigenvalue weighted by molar-refractivity contribution is 6.39. The summed E-state index contributed by atoms with van der Waals surface area (Å²) < 4.78 is 13.6. The molecule has 0 aromatic heterocycles. The van der Waals surface area contributed by atoms with E-state index in [0.29, 0.717) is 25.7 Å². The molecule has 1 saturated carbocycles. The molecule has 2 amide bonds. The van der Waals surface area contributed by atoms with Gasteiger partial charge in [0, 0.05) is 6.04 Å². The number of nitrogens with one attached hydrogen (secondary N) is 2. The van der Waals surface area contributed by atoms with Crippen LogP contribution < -0.4 is 10.6 Å². The first-order valence-electron chi connectivity index (χ1n) is 7.02. The highest BCUT2D eigenvalue weighted by atomic mass is 19.1. The molecule has 6 heteroatoms. The minimum atomic E-state index is -0.885. The molecule has 0 bridgehead atoms. The average molecular weight is 294 g/mol. The molecule has 0 unspecified atom stereocenters. The SMILES string of the molecule is Cc1ccc(NC(=O)C(=O)NC2CCC(O)CC2)c(F)c1. The van der Waals surface area contributed by atoms with Crippen molar-refractivity contribution in [2.45, 2.75) is 44.8 Å². The van der Waals surface area contributed by atoms with Crippen molar-refractivity contribution in [3.05, 3.63) is 29.6 Å². The number of aryl methyl sites for hydroxylation is 1. The van der Waals surface area contributed by atoms with Crippen molar-refractivity contribution in [2.24, 2.45) is 0 Å². The zero-order chi connectivity index (χ0) is 15.4. The van der Waals surface area contributed by atoms with E-state index in [0.717, 1.165) is 5.56 Å². The number of anilines is 1. The number of rotatable bonds is 2. The van der Waals surface area contributed by atoms with Gasteiger partial charge in [-0.2, -0.15) is 0 Å². The second-order valence-electron chi connectivity index (χ2n) is 5.42. The Balaban J connectivity index is 1.89. The molecule has 0 radical (unpaired) electrons. The van der Waals surface area contributed by atoms with Gasteiger partial charge < -0.3 is 15.7 Å². The van der Waals surface area contributed by atoms with Gasteiger partial charge in [0.1, 0.15) is 5.82 Å². The quantitative estimate of drug-likeness (QED) is 0.723. The molecule has 114 valence electrons. The van der Waals surface area contributed by atoms with Crippen molar-refractivity contribution in [3.8, 4) is 0 Å². The summed E-state index contributed by atoms with van der Waals surface area (Å²) in [5.41, 5.74) is 0.718. The van der Waals surface area contributed by atoms with E-state index in [-0.39, 0.29) is 17.8 Å². The van der Waals surface area contributed by atoms with Gasteiger partial charge in [-0.1, -0.05) is 6.07 Å². The van der Waals surface area contributed by atoms with Gasteiger partial charge in [-0.05, 0) is 50.3 Å². The third-order valence-corrected chi connectivity index (χ3v) is 3.61. The summed E-state index contributed by atoms with van der Waals surface area (Å²) in [6.07, 6.45) is 2.17. The van der Waals surface area contributed by atoms with E-state index >= 15 is 0 Å². The van der Waals surface area contributed by atoms with Crippen LogP contribution in [0.25, 0.3) is 0 Å². The summed E-state index contributed by atoms with van der Waals surface area (Å²) in [6.45, 7) is 1.74. The van der Waals surface area contributed by atoms with Crippen molar-refractivity contribution in [2.75, 3.05) is 5.32 Å². The van der Waals surface area contributed by atoms with Crippen LogP contribution in [0, 0.1) is 12.7 Å². The zero-order valence-corrected chi connectivity index (χ0v) is 11.9. The van der Waals surface area contributed by atoms with Crippen LogP contribution in [0.4, 0.5) is 10.1 Å². The van der Waals surface area contributed by atoms with Gasteiger partial charge >= 0.3 is 11.8 Å². The number of aliphatic hydroxyl groups excluding tert-OH is 1. The largest absolute Gasteiger partial charge is 0.393 e. The smallest absolute Gasteiger partial charge is 0.313 e. The molecular formula is C15H19FN2O3. The summed E-state index contributed by atoms with van der Waals surface area (Å²) in [6, 6.07) is 4.25. The van der Waals surface area contributed by atoms with Crippen LogP contribution in [-0.4, -0.2) is 29.1 Å². The number of hydrogen-bond donors (Lipinski definition) is 3. The summed E-state index contributed by atoms with van der Waals surface area (Å²) in [7, 11) is 0. The van der Waals surface area contributed by atoms with Crippen molar-refractivity contribution in [3.63, 3.8) is 0 Å². The standard InChI is InChI=1S/C15H19FN2O3/c1-9-2-7-13(12(16)8-9)18-15(21)14(20)17-10-3-5-11(19)6-4-10/h2,7-8,10-11,19H,3-6H2,1H3,(H,17,20)(H,18,21). The van der Waals surface area contributed by atoms with E-state index in [1.165, 1.54) is 12.1 Å². The lowest BCUT2D eigenvalue weighted by atomic mass is 9.93. The molecule has 0 aliphatic heterocycles. The first-order valence-corrected chi connectivity index (χ1v) is 7.02. The predicted octanol–water partition coefficient (Wildman–Crippen LogP) is 1.49. The first-order chi connectivity index (χ1) is 9.95. The lowest BCUT2D eigenvalue weighted by Gasteiger charge is -2.25. The normalized spacial score (nSPS) is 21.7. The first kappa shape index (κ1) is 15.4. The van der Waals surface area contributed by atoms with Crippen molar-refractivity contribution in [1.82, 2.24) is 5.32 Å². The van der Waals surface area contributed by atoms with Crippen LogP contribution >= 0.6 is 0 Å². The lowest BCUT2D eigenvalue weighted by molar-refractivity contribution is -0.136. The predicted molar refractivity (Wildman–Crippen MR) is 76.2 cm³/mol. The molecule has 0 atom stereocenters. The van der Waals surface area contributed by atoms with Gasteiger partial charge in [-0.3, -0.25) is 9.59 Å². The molecule has 1 aromatic rings. The van der Waals surface area contributed by atoms with E-state index in [1.807, 2.05) is 0 Å². The number of amides is 2. The number of aliphatic hydroxyl groups is 1. The van der Waals surface area contributed by atoms with Crippen LogP contribution in [0.3, 0.4) is 0 Å². The fourth-order valence-electron chi connectivity index (χ4n) is 2.37. The van der Waals surface area contributed by atoms with E-state index in [4.69, 9.17) is 0 Å². The summed E-state index contributed by atoms with van der Waals surface area (Å²) in [5.74, 6) is -2.24. The van der Waals surface area contributed by atoms with Gasteiger partial charge in [-0.25, -0.2) is 4.39 Å². The van der Waals surface area contributed by atoms with Gasteiger partial charge in [0.25, 0.3) is 0 Å². The van der Waals surface area contributed by atoms with Crippen molar-refractivity contribution >= 4 is 17.5 Å². The highest BCUT2D eigenvalue weighted by Crippen LogP contribution is 2.18. The Morgan fingerprint density at radius 2 is 1.86 bits per heavy atom. The summed E-state index contributed by atoms with van der Waals surface area (Å²) in [4.78, 5) is 23.5. The maximum Gasteiger partial charge on any atom is 0.313 e. The van der Waals surface area contributed by atoms with Crippen LogP contribution in [0.1, 0.15) is 31.2 Å². The number of benzene rings is 1. The third-order valence-electron chi connectivity index (χ3n) is 3.61. The Bertz CT molecular complexity index is 540. The van der Waals surface area contributed by atoms with Crippen LogP contribution in [0.15, 0.2) is 18.2 Å². The molecule has 0 saturated heterocycles. The van der Waals surface area contributed by atoms with Gasteiger partial charge in [0.2, 0.25) is 0 Å².